The lowest BCUT2D eigenvalue weighted by atomic mass is 9.42. The average molecular weight is 829 g/mol. The molecule has 21 unspecified atom stereocenters. The number of hydrogen-bond donors (Lipinski definition) is 6. The summed E-state index contributed by atoms with van der Waals surface area (Å²) in [5.41, 5.74) is -6.52. The van der Waals surface area contributed by atoms with Crippen LogP contribution in [0.1, 0.15) is 99.3 Å². The van der Waals surface area contributed by atoms with Crippen molar-refractivity contribution in [2.75, 3.05) is 21.3 Å². The van der Waals surface area contributed by atoms with Gasteiger partial charge in [-0.1, -0.05) is 25.5 Å². The number of carbonyl (C=O) groups excluding carboxylic acids is 1. The van der Waals surface area contributed by atoms with Gasteiger partial charge in [0.15, 0.2) is 24.7 Å². The highest BCUT2D eigenvalue weighted by Crippen LogP contribution is 2.70. The van der Waals surface area contributed by atoms with Crippen molar-refractivity contribution in [1.29, 1.82) is 0 Å². The molecule has 0 bridgehead atoms. The van der Waals surface area contributed by atoms with E-state index in [1.165, 1.54) is 14.0 Å². The molecule has 3 saturated heterocycles. The van der Waals surface area contributed by atoms with E-state index in [0.29, 0.717) is 32.1 Å². The molecule has 0 radical (unpaired) electrons. The Morgan fingerprint density at radius 3 is 1.93 bits per heavy atom. The topological polar surface area (TPSA) is 222 Å². The van der Waals surface area contributed by atoms with Crippen molar-refractivity contribution in [3.8, 4) is 0 Å². The van der Waals surface area contributed by atoms with Crippen LogP contribution < -0.4 is 0 Å². The minimum absolute atomic E-state index is 0.00730. The van der Waals surface area contributed by atoms with Crippen molar-refractivity contribution in [3.63, 3.8) is 0 Å². The maximum atomic E-state index is 12.7. The van der Waals surface area contributed by atoms with Crippen molar-refractivity contribution >= 4 is 5.78 Å². The molecule has 16 nitrogen and oxygen atoms in total. The first-order chi connectivity index (χ1) is 27.2. The molecule has 21 atom stereocenters. The van der Waals surface area contributed by atoms with Gasteiger partial charge in [-0.05, 0) is 78.1 Å². The zero-order chi connectivity index (χ0) is 42.3. The van der Waals surface area contributed by atoms with E-state index in [2.05, 4.69) is 6.92 Å². The van der Waals surface area contributed by atoms with Crippen LogP contribution in [0.5, 0.6) is 0 Å². The molecular formula is C42H68O16. The Morgan fingerprint density at radius 1 is 0.741 bits per heavy atom. The molecule has 0 amide bonds. The molecule has 4 aliphatic carbocycles. The lowest BCUT2D eigenvalue weighted by Crippen LogP contribution is -2.78. The monoisotopic (exact) mass is 828 g/mol. The molecule has 0 aromatic rings. The van der Waals surface area contributed by atoms with Crippen LogP contribution in [0.15, 0.2) is 11.6 Å². The summed E-state index contributed by atoms with van der Waals surface area (Å²) >= 11 is 0. The molecule has 16 heteroatoms. The molecular weight excluding hydrogens is 760 g/mol. The lowest BCUT2D eigenvalue weighted by molar-refractivity contribution is -0.352. The standard InChI is InChI=1S/C42H68O16/c1-20-32(45)36(52-9)33(46)37(55-20)58-35-22(3)54-31(18-27(35)51-8)57-34-21(2)53-30(17-26(34)50-7)56-25-11-12-38(5)24(16-25)10-13-41(48)28(38)19-29(44)39(6)40(47,23(4)43)14-15-42(39,41)49/h10,20-22,25-37,44-49H,11-19H2,1-9H3. The van der Waals surface area contributed by atoms with Gasteiger partial charge in [-0.15, -0.1) is 0 Å². The van der Waals surface area contributed by atoms with Crippen LogP contribution in [0.3, 0.4) is 0 Å². The molecule has 0 spiro atoms. The summed E-state index contributed by atoms with van der Waals surface area (Å²) < 4.78 is 55.0. The second-order valence-electron chi connectivity index (χ2n) is 18.7. The second-order valence-corrected chi connectivity index (χ2v) is 18.7. The Bertz CT molecular complexity index is 1530. The summed E-state index contributed by atoms with van der Waals surface area (Å²) in [6, 6.07) is 0. The number of carbonyl (C=O) groups is 1. The minimum atomic E-state index is -1.94. The SMILES string of the molecule is COC1CC(OC2CCC3(C)C(=CCC4(O)C3CC(O)C3(C)C(O)(C(C)=O)CCC43O)C2)OC(C)C1OC1CC(OC)C(OC2OC(C)C(O)C(OC)C2O)C(C)O1. The Balaban J connectivity index is 0.970. The first kappa shape index (κ1) is 44.9. The molecule has 332 valence electrons. The van der Waals surface area contributed by atoms with Crippen molar-refractivity contribution < 1.29 is 78.1 Å². The summed E-state index contributed by atoms with van der Waals surface area (Å²) in [5, 5.41) is 69.3. The van der Waals surface area contributed by atoms with E-state index in [9.17, 15) is 35.4 Å². The van der Waals surface area contributed by atoms with E-state index in [1.807, 2.05) is 19.9 Å². The molecule has 0 aromatic carbocycles. The Morgan fingerprint density at radius 2 is 1.34 bits per heavy atom. The molecule has 3 aliphatic heterocycles. The number of methoxy groups -OCH3 is 3. The van der Waals surface area contributed by atoms with Crippen molar-refractivity contribution in [2.24, 2.45) is 16.7 Å². The number of hydrogen-bond acceptors (Lipinski definition) is 16. The maximum Gasteiger partial charge on any atom is 0.187 e. The molecule has 0 aromatic heterocycles. The molecule has 7 rings (SSSR count). The highest BCUT2D eigenvalue weighted by molar-refractivity contribution is 5.87. The van der Waals surface area contributed by atoms with Gasteiger partial charge < -0.3 is 73.3 Å². The summed E-state index contributed by atoms with van der Waals surface area (Å²) in [6.45, 7) is 10.4. The summed E-state index contributed by atoms with van der Waals surface area (Å²) in [6.07, 6.45) is -5.55. The average Bonchev–Trinajstić information content (AvgIpc) is 3.41. The van der Waals surface area contributed by atoms with E-state index in [4.69, 9.17) is 42.6 Å². The fourth-order valence-corrected chi connectivity index (χ4v) is 12.3. The van der Waals surface area contributed by atoms with Gasteiger partial charge in [0.2, 0.25) is 0 Å². The minimum Gasteiger partial charge on any atom is -0.392 e. The van der Waals surface area contributed by atoms with Crippen LogP contribution in [0, 0.1) is 16.7 Å². The molecule has 6 N–H and O–H groups in total. The normalized spacial score (nSPS) is 54.6. The highest BCUT2D eigenvalue weighted by Gasteiger charge is 2.80. The molecule has 7 aliphatic rings. The zero-order valence-corrected chi connectivity index (χ0v) is 35.4. The summed E-state index contributed by atoms with van der Waals surface area (Å²) in [4.78, 5) is 12.7. The quantitative estimate of drug-likeness (QED) is 0.172. The van der Waals surface area contributed by atoms with Crippen molar-refractivity contribution in [3.05, 3.63) is 11.6 Å². The van der Waals surface area contributed by atoms with Gasteiger partial charge in [-0.2, -0.15) is 0 Å². The smallest absolute Gasteiger partial charge is 0.187 e. The van der Waals surface area contributed by atoms with Crippen LogP contribution in [0.2, 0.25) is 0 Å². The predicted octanol–water partition coefficient (Wildman–Crippen LogP) is 1.41. The van der Waals surface area contributed by atoms with Gasteiger partial charge in [-0.25, -0.2) is 0 Å². The number of fused-ring (bicyclic) bond motifs is 5. The zero-order valence-electron chi connectivity index (χ0n) is 35.4. The largest absolute Gasteiger partial charge is 0.392 e. The third-order valence-corrected chi connectivity index (χ3v) is 16.0. The first-order valence-electron chi connectivity index (χ1n) is 21.2. The number of rotatable bonds is 10. The van der Waals surface area contributed by atoms with Crippen molar-refractivity contribution in [2.45, 2.75) is 208 Å². The van der Waals surface area contributed by atoms with Crippen LogP contribution >= 0.6 is 0 Å². The number of ketones is 1. The summed E-state index contributed by atoms with van der Waals surface area (Å²) in [7, 11) is 4.62. The third-order valence-electron chi connectivity index (χ3n) is 16.0. The van der Waals surface area contributed by atoms with Crippen molar-refractivity contribution in [1.82, 2.24) is 0 Å². The molecule has 58 heavy (non-hydrogen) atoms. The Hall–Kier alpha value is -1.19. The van der Waals surface area contributed by atoms with Gasteiger partial charge in [0.25, 0.3) is 0 Å². The maximum absolute atomic E-state index is 12.7. The van der Waals surface area contributed by atoms with E-state index in [1.54, 1.807) is 28.1 Å². The fourth-order valence-electron chi connectivity index (χ4n) is 12.3. The van der Waals surface area contributed by atoms with Gasteiger partial charge >= 0.3 is 0 Å². The van der Waals surface area contributed by atoms with Crippen LogP contribution in [0.25, 0.3) is 0 Å². The first-order valence-corrected chi connectivity index (χ1v) is 21.2. The van der Waals surface area contributed by atoms with Gasteiger partial charge in [-0.3, -0.25) is 4.79 Å². The molecule has 6 fully saturated rings. The molecule has 3 saturated carbocycles. The third kappa shape index (κ3) is 6.80. The highest BCUT2D eigenvalue weighted by atomic mass is 16.8. The van der Waals surface area contributed by atoms with Gasteiger partial charge in [0, 0.05) is 40.1 Å². The van der Waals surface area contributed by atoms with E-state index in [0.717, 1.165) is 5.57 Å². The van der Waals surface area contributed by atoms with Gasteiger partial charge in [0.1, 0.15) is 47.3 Å². The number of Topliss-reactive ketones (excluding diaryl/α,β-unsaturated/α-hetero) is 1. The van der Waals surface area contributed by atoms with E-state index >= 15 is 0 Å². The molecule has 3 heterocycles. The number of aliphatic hydroxyl groups is 6. The van der Waals surface area contributed by atoms with Crippen LogP contribution in [-0.2, 0) is 47.4 Å². The lowest BCUT2D eigenvalue weighted by Gasteiger charge is -2.66. The van der Waals surface area contributed by atoms with E-state index < -0.39 is 119 Å². The fraction of sp³-hybridized carbons (Fsp3) is 0.929. The van der Waals surface area contributed by atoms with Crippen LogP contribution in [-0.4, -0.2) is 167 Å². The Labute approximate surface area is 341 Å². The summed E-state index contributed by atoms with van der Waals surface area (Å²) in [5.74, 6) is -1.01. The predicted molar refractivity (Wildman–Crippen MR) is 203 cm³/mol. The van der Waals surface area contributed by atoms with Gasteiger partial charge in [0.05, 0.1) is 48.1 Å². The Kier molecular flexibility index (Phi) is 12.5. The number of ether oxygens (including phenoxy) is 9. The van der Waals surface area contributed by atoms with Crippen LogP contribution in [0.4, 0.5) is 0 Å². The second kappa shape index (κ2) is 16.2. The number of aliphatic hydroxyl groups excluding tert-OH is 3. The van der Waals surface area contributed by atoms with E-state index in [-0.39, 0.29) is 37.9 Å².